The van der Waals surface area contributed by atoms with Crippen LogP contribution in [0, 0.1) is 17.2 Å². The minimum absolute atomic E-state index is 0.0481. The van der Waals surface area contributed by atoms with Crippen molar-refractivity contribution in [2.45, 2.75) is 39.0 Å². The van der Waals surface area contributed by atoms with Crippen molar-refractivity contribution in [1.29, 1.82) is 0 Å². The van der Waals surface area contributed by atoms with Gasteiger partial charge in [-0.25, -0.2) is 12.8 Å². The van der Waals surface area contributed by atoms with Gasteiger partial charge in [-0.05, 0) is 62.6 Å². The van der Waals surface area contributed by atoms with E-state index in [0.29, 0.717) is 23.9 Å². The molecule has 0 saturated heterocycles. The summed E-state index contributed by atoms with van der Waals surface area (Å²) in [6, 6.07) is 8.18. The molecule has 0 unspecified atom stereocenters. The zero-order chi connectivity index (χ0) is 23.7. The fourth-order valence-corrected chi connectivity index (χ4v) is 4.41. The van der Waals surface area contributed by atoms with Crippen LogP contribution in [0.1, 0.15) is 34.1 Å². The van der Waals surface area contributed by atoms with Crippen molar-refractivity contribution in [2.24, 2.45) is 11.3 Å². The van der Waals surface area contributed by atoms with Gasteiger partial charge >= 0.3 is 0 Å². The fourth-order valence-electron chi connectivity index (χ4n) is 3.35. The lowest BCUT2D eigenvalue weighted by Gasteiger charge is -2.28. The number of amides is 1. The Balaban J connectivity index is 1.96. The fraction of sp³-hybridized carbons (Fsp3) is 0.435. The minimum atomic E-state index is -4.07. The summed E-state index contributed by atoms with van der Waals surface area (Å²) >= 11 is 0. The number of halogens is 1. The summed E-state index contributed by atoms with van der Waals surface area (Å²) in [6.07, 6.45) is 0.780. The van der Waals surface area contributed by atoms with Crippen LogP contribution in [0.3, 0.4) is 0 Å². The Labute approximate surface area is 188 Å². The largest absolute Gasteiger partial charge is 0.494 e. The third kappa shape index (κ3) is 4.98. The molecule has 174 valence electrons. The van der Waals surface area contributed by atoms with E-state index in [1.165, 1.54) is 19.2 Å². The van der Waals surface area contributed by atoms with Crippen LogP contribution in [0.4, 0.5) is 15.8 Å². The Morgan fingerprint density at radius 2 is 1.94 bits per heavy atom. The SMILES string of the molecule is COc1ccc(S(=O)(=O)Nc2ccc3c(c2)N(CCC(C)C)C(=O)C(C)(C)CO3)cc1F. The van der Waals surface area contributed by atoms with Crippen LogP contribution >= 0.6 is 0 Å². The second-order valence-electron chi connectivity index (χ2n) is 8.90. The van der Waals surface area contributed by atoms with Gasteiger partial charge in [0.25, 0.3) is 10.0 Å². The molecule has 1 N–H and O–H groups in total. The molecule has 1 aliphatic heterocycles. The number of rotatable bonds is 7. The number of carbonyl (C=O) groups is 1. The number of sulfonamides is 1. The zero-order valence-corrected chi connectivity index (χ0v) is 19.8. The van der Waals surface area contributed by atoms with E-state index >= 15 is 0 Å². The highest BCUT2D eigenvalue weighted by Gasteiger charge is 2.37. The van der Waals surface area contributed by atoms with Crippen LogP contribution in [0.15, 0.2) is 41.3 Å². The van der Waals surface area contributed by atoms with Gasteiger partial charge in [-0.1, -0.05) is 13.8 Å². The predicted molar refractivity (Wildman–Crippen MR) is 121 cm³/mol. The van der Waals surface area contributed by atoms with Gasteiger partial charge in [-0.2, -0.15) is 0 Å². The molecule has 0 bridgehead atoms. The van der Waals surface area contributed by atoms with Gasteiger partial charge in [-0.15, -0.1) is 0 Å². The highest BCUT2D eigenvalue weighted by Crippen LogP contribution is 2.39. The molecule has 1 heterocycles. The first-order valence-electron chi connectivity index (χ1n) is 10.4. The lowest BCUT2D eigenvalue weighted by Crippen LogP contribution is -2.42. The maximum atomic E-state index is 14.0. The number of fused-ring (bicyclic) bond motifs is 1. The maximum absolute atomic E-state index is 14.0. The number of ether oxygens (including phenoxy) is 2. The molecular weight excluding hydrogens is 435 g/mol. The van der Waals surface area contributed by atoms with E-state index in [1.54, 1.807) is 23.1 Å². The number of carbonyl (C=O) groups excluding carboxylic acids is 1. The third-order valence-electron chi connectivity index (χ3n) is 5.28. The quantitative estimate of drug-likeness (QED) is 0.655. The molecule has 2 aromatic carbocycles. The third-order valence-corrected chi connectivity index (χ3v) is 6.66. The zero-order valence-electron chi connectivity index (χ0n) is 18.9. The molecule has 0 radical (unpaired) electrons. The van der Waals surface area contributed by atoms with Gasteiger partial charge in [0.15, 0.2) is 11.6 Å². The van der Waals surface area contributed by atoms with Crippen LogP contribution < -0.4 is 19.1 Å². The van der Waals surface area contributed by atoms with Crippen LogP contribution in [0.5, 0.6) is 11.5 Å². The maximum Gasteiger partial charge on any atom is 0.262 e. The lowest BCUT2D eigenvalue weighted by molar-refractivity contribution is -0.127. The van der Waals surface area contributed by atoms with E-state index in [1.807, 2.05) is 13.8 Å². The molecule has 1 aliphatic rings. The second kappa shape index (κ2) is 8.97. The number of anilines is 2. The molecular formula is C23H29FN2O5S. The summed E-state index contributed by atoms with van der Waals surface area (Å²) in [4.78, 5) is 14.6. The Bertz CT molecular complexity index is 1120. The molecule has 7 nitrogen and oxygen atoms in total. The second-order valence-corrected chi connectivity index (χ2v) is 10.6. The first kappa shape index (κ1) is 23.8. The van der Waals surface area contributed by atoms with E-state index < -0.39 is 21.3 Å². The van der Waals surface area contributed by atoms with Crippen molar-refractivity contribution >= 4 is 27.3 Å². The normalized spacial score (nSPS) is 15.7. The van der Waals surface area contributed by atoms with Crippen LogP contribution in [0.25, 0.3) is 0 Å². The number of hydrogen-bond acceptors (Lipinski definition) is 5. The smallest absolute Gasteiger partial charge is 0.262 e. The first-order chi connectivity index (χ1) is 14.9. The average molecular weight is 465 g/mol. The van der Waals surface area contributed by atoms with Crippen molar-refractivity contribution in [3.63, 3.8) is 0 Å². The van der Waals surface area contributed by atoms with Crippen LogP contribution in [0.2, 0.25) is 0 Å². The molecule has 32 heavy (non-hydrogen) atoms. The Morgan fingerprint density at radius 1 is 1.22 bits per heavy atom. The molecule has 0 aliphatic carbocycles. The summed E-state index contributed by atoms with van der Waals surface area (Å²) in [5.74, 6) is -0.0307. The number of benzene rings is 2. The number of hydrogen-bond donors (Lipinski definition) is 1. The summed E-state index contributed by atoms with van der Waals surface area (Å²) in [5.41, 5.74) is 0.0176. The van der Waals surface area contributed by atoms with Gasteiger partial charge < -0.3 is 14.4 Å². The van der Waals surface area contributed by atoms with E-state index in [2.05, 4.69) is 18.6 Å². The lowest BCUT2D eigenvalue weighted by atomic mass is 9.92. The standard InChI is InChI=1S/C23H29FN2O5S/c1-15(2)10-11-26-19-12-16(6-8-21(19)31-14-23(3,4)22(26)27)25-32(28,29)17-7-9-20(30-5)18(24)13-17/h6-9,12-13,15,25H,10-11,14H2,1-5H3. The molecule has 0 aromatic heterocycles. The van der Waals surface area contributed by atoms with E-state index in [0.717, 1.165) is 12.5 Å². The van der Waals surface area contributed by atoms with E-state index in [4.69, 9.17) is 9.47 Å². The summed E-state index contributed by atoms with van der Waals surface area (Å²) in [7, 11) is -2.76. The molecule has 1 amide bonds. The van der Waals surface area contributed by atoms with E-state index in [9.17, 15) is 17.6 Å². The van der Waals surface area contributed by atoms with Crippen molar-refractivity contribution in [3.05, 3.63) is 42.2 Å². The molecule has 3 rings (SSSR count). The summed E-state index contributed by atoms with van der Waals surface area (Å²) in [6.45, 7) is 8.49. The number of nitrogens with zero attached hydrogens (tertiary/aromatic N) is 1. The monoisotopic (exact) mass is 464 g/mol. The van der Waals surface area contributed by atoms with Gasteiger partial charge in [0.1, 0.15) is 12.4 Å². The van der Waals surface area contributed by atoms with Crippen molar-refractivity contribution in [1.82, 2.24) is 0 Å². The van der Waals surface area contributed by atoms with E-state index in [-0.39, 0.29) is 28.8 Å². The summed E-state index contributed by atoms with van der Waals surface area (Å²) < 4.78 is 52.9. The van der Waals surface area contributed by atoms with Crippen molar-refractivity contribution in [3.8, 4) is 11.5 Å². The molecule has 0 saturated carbocycles. The van der Waals surface area contributed by atoms with Gasteiger partial charge in [-0.3, -0.25) is 9.52 Å². The molecule has 2 aromatic rings. The molecule has 9 heteroatoms. The van der Waals surface area contributed by atoms with Gasteiger partial charge in [0.2, 0.25) is 5.91 Å². The van der Waals surface area contributed by atoms with Crippen molar-refractivity contribution < 1.29 is 27.1 Å². The van der Waals surface area contributed by atoms with Crippen molar-refractivity contribution in [2.75, 3.05) is 29.9 Å². The molecule has 0 spiro atoms. The minimum Gasteiger partial charge on any atom is -0.494 e. The van der Waals surface area contributed by atoms with Gasteiger partial charge in [0.05, 0.1) is 28.8 Å². The Hall–Kier alpha value is -2.81. The Kier molecular flexibility index (Phi) is 6.69. The highest BCUT2D eigenvalue weighted by molar-refractivity contribution is 7.92. The Morgan fingerprint density at radius 3 is 2.56 bits per heavy atom. The molecule has 0 fully saturated rings. The van der Waals surface area contributed by atoms with Crippen LogP contribution in [-0.4, -0.2) is 34.6 Å². The molecule has 0 atom stereocenters. The topological polar surface area (TPSA) is 84.9 Å². The van der Waals surface area contributed by atoms with Crippen LogP contribution in [-0.2, 0) is 14.8 Å². The van der Waals surface area contributed by atoms with Gasteiger partial charge in [0, 0.05) is 6.54 Å². The highest BCUT2D eigenvalue weighted by atomic mass is 32.2. The predicted octanol–water partition coefficient (Wildman–Crippen LogP) is 4.43. The number of nitrogens with one attached hydrogen (secondary N) is 1. The average Bonchev–Trinajstić information content (AvgIpc) is 2.81. The first-order valence-corrected chi connectivity index (χ1v) is 11.9. The number of methoxy groups -OCH3 is 1. The summed E-state index contributed by atoms with van der Waals surface area (Å²) in [5, 5.41) is 0.